The molecule has 4 atom stereocenters. The second kappa shape index (κ2) is 18.2. The van der Waals surface area contributed by atoms with Crippen LogP contribution < -0.4 is 10.6 Å². The Bertz CT molecular complexity index is 1140. The van der Waals surface area contributed by atoms with Crippen molar-refractivity contribution in [3.05, 3.63) is 97.1 Å². The Kier molecular flexibility index (Phi) is 14.6. The summed E-state index contributed by atoms with van der Waals surface area (Å²) in [6.07, 6.45) is 3.89. The third-order valence-corrected chi connectivity index (χ3v) is 6.26. The van der Waals surface area contributed by atoms with Gasteiger partial charge in [-0.3, -0.25) is 14.4 Å². The molecule has 0 aliphatic heterocycles. The van der Waals surface area contributed by atoms with Crippen LogP contribution in [0, 0.1) is 11.8 Å². The van der Waals surface area contributed by atoms with Gasteiger partial charge in [0.05, 0.1) is 18.4 Å². The van der Waals surface area contributed by atoms with Crippen molar-refractivity contribution in [1.82, 2.24) is 10.6 Å². The molecule has 220 valence electrons. The molecule has 0 saturated carbocycles. The number of amides is 2. The molecule has 0 bridgehead atoms. The number of esters is 2. The summed E-state index contributed by atoms with van der Waals surface area (Å²) in [5.74, 6) is -3.72. The van der Waals surface area contributed by atoms with E-state index in [0.29, 0.717) is 12.8 Å². The van der Waals surface area contributed by atoms with E-state index in [2.05, 4.69) is 23.8 Å². The van der Waals surface area contributed by atoms with Crippen molar-refractivity contribution in [3.63, 3.8) is 0 Å². The molecule has 0 saturated heterocycles. The highest BCUT2D eigenvalue weighted by Gasteiger charge is 2.30. The van der Waals surface area contributed by atoms with E-state index in [1.165, 1.54) is 6.08 Å². The zero-order valence-electron chi connectivity index (χ0n) is 23.5. The van der Waals surface area contributed by atoms with E-state index < -0.39 is 54.3 Å². The van der Waals surface area contributed by atoms with Crippen LogP contribution in [-0.4, -0.2) is 54.2 Å². The van der Waals surface area contributed by atoms with E-state index in [4.69, 9.17) is 9.47 Å². The van der Waals surface area contributed by atoms with Crippen molar-refractivity contribution >= 4 is 23.8 Å². The molecule has 0 aliphatic rings. The predicted octanol–water partition coefficient (Wildman–Crippen LogP) is 3.27. The largest absolute Gasteiger partial charge is 0.463 e. The number of nitrogens with one attached hydrogen (secondary N) is 2. The first-order chi connectivity index (χ1) is 19.8. The SMILES string of the molecule is C=CC[C@H](CC(=O)N[C@H](C)CO)C(=O)N[C@H](COC(=O)[C@H](CC=C)Cc1ccccc1)C(=O)OCc1ccccc1. The molecule has 2 aromatic carbocycles. The smallest absolute Gasteiger partial charge is 0.332 e. The fourth-order valence-corrected chi connectivity index (χ4v) is 4.02. The topological polar surface area (TPSA) is 131 Å². The quantitative estimate of drug-likeness (QED) is 0.187. The highest BCUT2D eigenvalue weighted by Crippen LogP contribution is 2.16. The van der Waals surface area contributed by atoms with Gasteiger partial charge in [0.2, 0.25) is 11.8 Å². The maximum Gasteiger partial charge on any atom is 0.332 e. The van der Waals surface area contributed by atoms with Gasteiger partial charge >= 0.3 is 11.9 Å². The average Bonchev–Trinajstić information content (AvgIpc) is 2.98. The first-order valence-corrected chi connectivity index (χ1v) is 13.6. The van der Waals surface area contributed by atoms with Gasteiger partial charge in [0.25, 0.3) is 0 Å². The minimum Gasteiger partial charge on any atom is -0.463 e. The van der Waals surface area contributed by atoms with Gasteiger partial charge in [-0.25, -0.2) is 4.79 Å². The monoisotopic (exact) mass is 564 g/mol. The number of carbonyl (C=O) groups is 4. The lowest BCUT2D eigenvalue weighted by Gasteiger charge is -2.22. The van der Waals surface area contributed by atoms with E-state index >= 15 is 0 Å². The van der Waals surface area contributed by atoms with Crippen LogP contribution in [0.3, 0.4) is 0 Å². The lowest BCUT2D eigenvalue weighted by Crippen LogP contribution is -2.48. The Hall–Kier alpha value is -4.24. The number of hydrogen-bond acceptors (Lipinski definition) is 7. The predicted molar refractivity (Wildman–Crippen MR) is 155 cm³/mol. The fourth-order valence-electron chi connectivity index (χ4n) is 4.02. The first kappa shape index (κ1) is 33.0. The Morgan fingerprint density at radius 1 is 0.829 bits per heavy atom. The summed E-state index contributed by atoms with van der Waals surface area (Å²) in [4.78, 5) is 51.7. The molecule has 9 heteroatoms. The van der Waals surface area contributed by atoms with Crippen LogP contribution in [0.15, 0.2) is 86.0 Å². The van der Waals surface area contributed by atoms with Crippen LogP contribution in [0.5, 0.6) is 0 Å². The number of aliphatic hydroxyl groups is 1. The van der Waals surface area contributed by atoms with Crippen molar-refractivity contribution < 1.29 is 33.8 Å². The summed E-state index contributed by atoms with van der Waals surface area (Å²) in [5, 5.41) is 14.4. The summed E-state index contributed by atoms with van der Waals surface area (Å²) < 4.78 is 11.0. The minimum atomic E-state index is -1.30. The van der Waals surface area contributed by atoms with Gasteiger partial charge in [-0.15, -0.1) is 13.2 Å². The van der Waals surface area contributed by atoms with Crippen molar-refractivity contribution in [2.75, 3.05) is 13.2 Å². The molecule has 2 rings (SSSR count). The van der Waals surface area contributed by atoms with Gasteiger partial charge in [0.15, 0.2) is 6.04 Å². The molecule has 2 amide bonds. The number of allylic oxidation sites excluding steroid dienone is 2. The number of rotatable bonds is 18. The molecular formula is C32H40N2O7. The minimum absolute atomic E-state index is 0.0371. The van der Waals surface area contributed by atoms with E-state index in [0.717, 1.165) is 11.1 Å². The molecular weight excluding hydrogens is 524 g/mol. The Morgan fingerprint density at radius 2 is 1.41 bits per heavy atom. The molecule has 3 N–H and O–H groups in total. The molecule has 0 heterocycles. The standard InChI is InChI=1S/C32H40N2O7/c1-4-12-26(19-29(36)33-23(3)20-35)30(37)34-28(32(39)40-21-25-16-10-7-11-17-25)22-41-31(38)27(13-5-2)18-24-14-8-6-9-15-24/h4-11,14-17,23,26-28,35H,1-2,12-13,18-22H2,3H3,(H,33,36)(H,34,37)/t23-,26-,27-,28-/m1/s1. The van der Waals surface area contributed by atoms with Crippen molar-refractivity contribution in [1.29, 1.82) is 0 Å². The summed E-state index contributed by atoms with van der Waals surface area (Å²) in [6, 6.07) is 16.7. The van der Waals surface area contributed by atoms with Crippen molar-refractivity contribution in [2.24, 2.45) is 11.8 Å². The number of ether oxygens (including phenoxy) is 2. The maximum atomic E-state index is 13.2. The lowest BCUT2D eigenvalue weighted by molar-refractivity contribution is -0.157. The second-order valence-corrected chi connectivity index (χ2v) is 9.77. The molecule has 2 aromatic rings. The van der Waals surface area contributed by atoms with Gasteiger partial charge in [-0.1, -0.05) is 72.8 Å². The number of carbonyl (C=O) groups excluding carboxylic acids is 4. The molecule has 0 aliphatic carbocycles. The lowest BCUT2D eigenvalue weighted by atomic mass is 9.96. The second-order valence-electron chi connectivity index (χ2n) is 9.77. The van der Waals surface area contributed by atoms with Crippen LogP contribution in [-0.2, 0) is 41.7 Å². The average molecular weight is 565 g/mol. The van der Waals surface area contributed by atoms with E-state index in [9.17, 15) is 24.3 Å². The summed E-state index contributed by atoms with van der Waals surface area (Å²) in [5.41, 5.74) is 1.69. The summed E-state index contributed by atoms with van der Waals surface area (Å²) in [6.45, 7) is 8.28. The van der Waals surface area contributed by atoms with Crippen LogP contribution in [0.2, 0.25) is 0 Å². The molecule has 9 nitrogen and oxygen atoms in total. The Morgan fingerprint density at radius 3 is 2.00 bits per heavy atom. The first-order valence-electron chi connectivity index (χ1n) is 13.6. The summed E-state index contributed by atoms with van der Waals surface area (Å²) >= 11 is 0. The summed E-state index contributed by atoms with van der Waals surface area (Å²) in [7, 11) is 0. The highest BCUT2D eigenvalue weighted by molar-refractivity contribution is 5.89. The molecule has 0 aromatic heterocycles. The molecule has 0 radical (unpaired) electrons. The maximum absolute atomic E-state index is 13.2. The third kappa shape index (κ3) is 12.2. The molecule has 0 unspecified atom stereocenters. The van der Waals surface area contributed by atoms with Gasteiger partial charge in [0, 0.05) is 12.5 Å². The van der Waals surface area contributed by atoms with Gasteiger partial charge in [-0.05, 0) is 37.3 Å². The van der Waals surface area contributed by atoms with Crippen LogP contribution >= 0.6 is 0 Å². The Balaban J connectivity index is 2.14. The van der Waals surface area contributed by atoms with Crippen molar-refractivity contribution in [3.8, 4) is 0 Å². The van der Waals surface area contributed by atoms with E-state index in [1.54, 1.807) is 37.3 Å². The zero-order valence-corrected chi connectivity index (χ0v) is 23.5. The van der Waals surface area contributed by atoms with Gasteiger partial charge in [-0.2, -0.15) is 0 Å². The van der Waals surface area contributed by atoms with Crippen molar-refractivity contribution in [2.45, 2.75) is 51.3 Å². The van der Waals surface area contributed by atoms with E-state index in [-0.39, 0.29) is 26.1 Å². The van der Waals surface area contributed by atoms with Crippen LogP contribution in [0.4, 0.5) is 0 Å². The molecule has 41 heavy (non-hydrogen) atoms. The fraction of sp³-hybridized carbons (Fsp3) is 0.375. The van der Waals surface area contributed by atoms with E-state index in [1.807, 2.05) is 36.4 Å². The normalized spacial score (nSPS) is 13.5. The van der Waals surface area contributed by atoms with Crippen LogP contribution in [0.1, 0.15) is 37.3 Å². The zero-order chi connectivity index (χ0) is 30.0. The highest BCUT2D eigenvalue weighted by atomic mass is 16.6. The third-order valence-electron chi connectivity index (χ3n) is 6.26. The number of hydrogen-bond donors (Lipinski definition) is 3. The van der Waals surface area contributed by atoms with Gasteiger partial charge < -0.3 is 25.2 Å². The van der Waals surface area contributed by atoms with Gasteiger partial charge in [0.1, 0.15) is 13.2 Å². The molecule has 0 spiro atoms. The number of aliphatic hydroxyl groups excluding tert-OH is 1. The Labute approximate surface area is 241 Å². The number of benzene rings is 2. The molecule has 0 fully saturated rings. The van der Waals surface area contributed by atoms with Crippen LogP contribution in [0.25, 0.3) is 0 Å².